The van der Waals surface area contributed by atoms with E-state index in [4.69, 9.17) is 4.74 Å². The van der Waals surface area contributed by atoms with Crippen LogP contribution in [0.15, 0.2) is 18.2 Å². The van der Waals surface area contributed by atoms with Crippen molar-refractivity contribution in [2.45, 2.75) is 20.3 Å². The van der Waals surface area contributed by atoms with E-state index in [1.165, 1.54) is 0 Å². The van der Waals surface area contributed by atoms with E-state index in [1.54, 1.807) is 7.11 Å². The summed E-state index contributed by atoms with van der Waals surface area (Å²) in [6.45, 7) is 4.28. The third-order valence-electron chi connectivity index (χ3n) is 2.86. The van der Waals surface area contributed by atoms with Gasteiger partial charge in [0, 0.05) is 22.2 Å². The number of fused-ring (bicyclic) bond motifs is 1. The molecule has 0 aliphatic carbocycles. The van der Waals surface area contributed by atoms with Gasteiger partial charge in [0.05, 0.1) is 7.11 Å². The minimum Gasteiger partial charge on any atom is -0.497 e. The number of rotatable bonds is 4. The van der Waals surface area contributed by atoms with Crippen LogP contribution < -0.4 is 4.74 Å². The van der Waals surface area contributed by atoms with E-state index >= 15 is 0 Å². The molecule has 0 saturated carbocycles. The van der Waals surface area contributed by atoms with Gasteiger partial charge in [-0.15, -0.1) is 0 Å². The van der Waals surface area contributed by atoms with Gasteiger partial charge in [-0.05, 0) is 30.5 Å². The summed E-state index contributed by atoms with van der Waals surface area (Å²) in [4.78, 5) is 14.5. The van der Waals surface area contributed by atoms with Gasteiger partial charge in [0.15, 0.2) is 6.29 Å². The molecular weight excluding hydrogens is 214 g/mol. The Bertz CT molecular complexity index is 540. The lowest BCUT2D eigenvalue weighted by Gasteiger charge is -2.02. The highest BCUT2D eigenvalue weighted by Crippen LogP contribution is 2.26. The average molecular weight is 231 g/mol. The molecule has 1 N–H and O–H groups in total. The molecule has 1 aromatic heterocycles. The molecule has 0 bridgehead atoms. The first kappa shape index (κ1) is 11.7. The highest BCUT2D eigenvalue weighted by atomic mass is 16.5. The van der Waals surface area contributed by atoms with Gasteiger partial charge >= 0.3 is 0 Å². The molecule has 0 radical (unpaired) electrons. The summed E-state index contributed by atoms with van der Waals surface area (Å²) >= 11 is 0. The van der Waals surface area contributed by atoms with Gasteiger partial charge in [-0.3, -0.25) is 4.79 Å². The number of carbonyl (C=O) groups excluding carboxylic acids is 1. The second-order valence-electron chi connectivity index (χ2n) is 4.64. The number of hydrogen-bond acceptors (Lipinski definition) is 2. The summed E-state index contributed by atoms with van der Waals surface area (Å²) < 4.78 is 5.18. The number of aldehydes is 1. The van der Waals surface area contributed by atoms with Crippen molar-refractivity contribution in [2.24, 2.45) is 5.92 Å². The molecule has 0 fully saturated rings. The fourth-order valence-corrected chi connectivity index (χ4v) is 2.08. The molecule has 0 aliphatic rings. The lowest BCUT2D eigenvalue weighted by Crippen LogP contribution is -1.97. The van der Waals surface area contributed by atoms with Crippen LogP contribution in [0.5, 0.6) is 5.75 Å². The normalized spacial score (nSPS) is 11.1. The molecule has 0 amide bonds. The van der Waals surface area contributed by atoms with Gasteiger partial charge in [-0.25, -0.2) is 0 Å². The zero-order valence-electron chi connectivity index (χ0n) is 10.4. The summed E-state index contributed by atoms with van der Waals surface area (Å²) in [5, 5.41) is 0.940. The number of methoxy groups -OCH3 is 1. The molecule has 2 rings (SSSR count). The summed E-state index contributed by atoms with van der Waals surface area (Å²) in [5.41, 5.74) is 2.76. The van der Waals surface area contributed by atoms with Crippen LogP contribution in [-0.4, -0.2) is 18.4 Å². The third kappa shape index (κ3) is 2.18. The lowest BCUT2D eigenvalue weighted by atomic mass is 10.0. The molecule has 0 atom stereocenters. The summed E-state index contributed by atoms with van der Waals surface area (Å²) in [7, 11) is 1.63. The van der Waals surface area contributed by atoms with Crippen molar-refractivity contribution in [1.82, 2.24) is 4.98 Å². The Morgan fingerprint density at radius 3 is 2.76 bits per heavy atom. The molecule has 1 heterocycles. The van der Waals surface area contributed by atoms with E-state index in [9.17, 15) is 4.79 Å². The van der Waals surface area contributed by atoms with Gasteiger partial charge in [-0.2, -0.15) is 0 Å². The first-order chi connectivity index (χ1) is 8.15. The molecule has 90 valence electrons. The van der Waals surface area contributed by atoms with Crippen LogP contribution in [0.1, 0.15) is 29.9 Å². The smallest absolute Gasteiger partial charge is 0.152 e. The topological polar surface area (TPSA) is 42.1 Å². The van der Waals surface area contributed by atoms with E-state index in [1.807, 2.05) is 18.2 Å². The Kier molecular flexibility index (Phi) is 3.18. The number of ether oxygens (including phenoxy) is 1. The largest absolute Gasteiger partial charge is 0.497 e. The monoisotopic (exact) mass is 231 g/mol. The zero-order valence-corrected chi connectivity index (χ0v) is 10.4. The molecule has 3 heteroatoms. The molecule has 2 aromatic rings. The van der Waals surface area contributed by atoms with E-state index in [2.05, 4.69) is 18.8 Å². The summed E-state index contributed by atoms with van der Waals surface area (Å²) in [5.74, 6) is 1.29. The van der Waals surface area contributed by atoms with Crippen molar-refractivity contribution >= 4 is 17.2 Å². The highest BCUT2D eigenvalue weighted by Gasteiger charge is 2.12. The molecule has 0 saturated heterocycles. The fraction of sp³-hybridized carbons (Fsp3) is 0.357. The maximum absolute atomic E-state index is 11.2. The van der Waals surface area contributed by atoms with Crippen molar-refractivity contribution in [3.05, 3.63) is 29.5 Å². The first-order valence-corrected chi connectivity index (χ1v) is 5.79. The van der Waals surface area contributed by atoms with Crippen LogP contribution in [0.4, 0.5) is 0 Å². The Balaban J connectivity index is 2.58. The average Bonchev–Trinajstić information content (AvgIpc) is 2.63. The second-order valence-corrected chi connectivity index (χ2v) is 4.64. The van der Waals surface area contributed by atoms with Gasteiger partial charge in [0.1, 0.15) is 5.75 Å². The number of hydrogen-bond donors (Lipinski definition) is 1. The van der Waals surface area contributed by atoms with Gasteiger partial charge in [0.25, 0.3) is 0 Å². The standard InChI is InChI=1S/C14H17NO2/c1-9(2)6-14-12(8-16)11-7-10(17-3)4-5-13(11)15-14/h4-5,7-9,15H,6H2,1-3H3. The van der Waals surface area contributed by atoms with Gasteiger partial charge in [0.2, 0.25) is 0 Å². The number of H-pyrrole nitrogens is 1. The minimum absolute atomic E-state index is 0.517. The number of aromatic nitrogens is 1. The second kappa shape index (κ2) is 4.62. The van der Waals surface area contributed by atoms with Gasteiger partial charge < -0.3 is 9.72 Å². The van der Waals surface area contributed by atoms with Crippen LogP contribution in [0.2, 0.25) is 0 Å². The Morgan fingerprint density at radius 2 is 2.18 bits per heavy atom. The first-order valence-electron chi connectivity index (χ1n) is 5.79. The minimum atomic E-state index is 0.517. The molecule has 0 unspecified atom stereocenters. The molecule has 0 aliphatic heterocycles. The van der Waals surface area contributed by atoms with Crippen LogP contribution >= 0.6 is 0 Å². The number of nitrogens with one attached hydrogen (secondary N) is 1. The molecule has 17 heavy (non-hydrogen) atoms. The van der Waals surface area contributed by atoms with Gasteiger partial charge in [-0.1, -0.05) is 13.8 Å². The van der Waals surface area contributed by atoms with E-state index in [0.717, 1.165) is 40.6 Å². The third-order valence-corrected chi connectivity index (χ3v) is 2.86. The van der Waals surface area contributed by atoms with Crippen molar-refractivity contribution in [1.29, 1.82) is 0 Å². The zero-order chi connectivity index (χ0) is 12.4. The van der Waals surface area contributed by atoms with Crippen LogP contribution in [0.25, 0.3) is 10.9 Å². The number of carbonyl (C=O) groups is 1. The van der Waals surface area contributed by atoms with E-state index < -0.39 is 0 Å². The maximum atomic E-state index is 11.2. The lowest BCUT2D eigenvalue weighted by molar-refractivity contribution is 0.112. The maximum Gasteiger partial charge on any atom is 0.152 e. The molecule has 3 nitrogen and oxygen atoms in total. The number of benzene rings is 1. The molecule has 0 spiro atoms. The predicted octanol–water partition coefficient (Wildman–Crippen LogP) is 3.19. The molecule has 1 aromatic carbocycles. The summed E-state index contributed by atoms with van der Waals surface area (Å²) in [6, 6.07) is 5.75. The van der Waals surface area contributed by atoms with Crippen molar-refractivity contribution in [3.63, 3.8) is 0 Å². The van der Waals surface area contributed by atoms with Crippen LogP contribution in [0.3, 0.4) is 0 Å². The summed E-state index contributed by atoms with van der Waals surface area (Å²) in [6.07, 6.45) is 1.81. The number of aromatic amines is 1. The van der Waals surface area contributed by atoms with Crippen LogP contribution in [-0.2, 0) is 6.42 Å². The van der Waals surface area contributed by atoms with Crippen molar-refractivity contribution < 1.29 is 9.53 Å². The van der Waals surface area contributed by atoms with Crippen LogP contribution in [0, 0.1) is 5.92 Å². The SMILES string of the molecule is COc1ccc2[nH]c(CC(C)C)c(C=O)c2c1. The quantitative estimate of drug-likeness (QED) is 0.821. The van der Waals surface area contributed by atoms with E-state index in [0.29, 0.717) is 5.92 Å². The Morgan fingerprint density at radius 1 is 1.41 bits per heavy atom. The predicted molar refractivity (Wildman–Crippen MR) is 68.8 cm³/mol. The Hall–Kier alpha value is -1.77. The fourth-order valence-electron chi connectivity index (χ4n) is 2.08. The molecular formula is C14H17NO2. The Labute approximate surface area is 101 Å². The van der Waals surface area contributed by atoms with Crippen molar-refractivity contribution in [3.8, 4) is 5.75 Å². The van der Waals surface area contributed by atoms with Crippen molar-refractivity contribution in [2.75, 3.05) is 7.11 Å². The van der Waals surface area contributed by atoms with E-state index in [-0.39, 0.29) is 0 Å². The highest BCUT2D eigenvalue weighted by molar-refractivity contribution is 5.99.